The maximum absolute atomic E-state index is 12.2. The van der Waals surface area contributed by atoms with E-state index < -0.39 is 6.10 Å². The zero-order valence-electron chi connectivity index (χ0n) is 14.7. The van der Waals surface area contributed by atoms with E-state index in [1.54, 1.807) is 18.2 Å². The second-order valence-electron chi connectivity index (χ2n) is 6.17. The maximum Gasteiger partial charge on any atom is 0.284 e. The topological polar surface area (TPSA) is 73.1 Å². The molecule has 2 aromatic carbocycles. The van der Waals surface area contributed by atoms with Crippen LogP contribution in [0.1, 0.15) is 11.3 Å². The lowest BCUT2D eigenvalue weighted by Crippen LogP contribution is -2.42. The van der Waals surface area contributed by atoms with Crippen LogP contribution in [0.25, 0.3) is 11.3 Å². The standard InChI is InChI=1S/C21H18N2O4/c1-14-6-8-15(9-7-14)17-11-10-16(26-17)12-22-23-21(24)20-13-25-18-4-2-3-5-19(18)27-20/h2-12,20H,13H2,1H3,(H,23,24)/b22-12+. The zero-order valence-corrected chi connectivity index (χ0v) is 14.7. The molecule has 0 saturated carbocycles. The van der Waals surface area contributed by atoms with Crippen LogP contribution in [0.5, 0.6) is 11.5 Å². The molecule has 6 heteroatoms. The van der Waals surface area contributed by atoms with Crippen LogP contribution in [0.4, 0.5) is 0 Å². The molecule has 0 saturated heterocycles. The molecule has 6 nitrogen and oxygen atoms in total. The molecule has 1 N–H and O–H groups in total. The molecule has 0 spiro atoms. The van der Waals surface area contributed by atoms with Crippen molar-refractivity contribution in [1.82, 2.24) is 5.43 Å². The Morgan fingerprint density at radius 2 is 1.85 bits per heavy atom. The summed E-state index contributed by atoms with van der Waals surface area (Å²) in [7, 11) is 0. The Kier molecular flexibility index (Phi) is 4.61. The normalized spacial score (nSPS) is 15.7. The predicted octanol–water partition coefficient (Wildman–Crippen LogP) is 3.55. The Balaban J connectivity index is 1.36. The number of nitrogens with one attached hydrogen (secondary N) is 1. The second-order valence-corrected chi connectivity index (χ2v) is 6.17. The number of amides is 1. The van der Waals surface area contributed by atoms with Gasteiger partial charge < -0.3 is 13.9 Å². The van der Waals surface area contributed by atoms with Crippen molar-refractivity contribution in [3.05, 3.63) is 72.0 Å². The lowest BCUT2D eigenvalue weighted by Gasteiger charge is -2.24. The van der Waals surface area contributed by atoms with Gasteiger partial charge in [0.2, 0.25) is 6.10 Å². The van der Waals surface area contributed by atoms with Crippen molar-refractivity contribution in [2.24, 2.45) is 5.10 Å². The van der Waals surface area contributed by atoms with Crippen LogP contribution < -0.4 is 14.9 Å². The number of benzene rings is 2. The van der Waals surface area contributed by atoms with Gasteiger partial charge in [0.25, 0.3) is 5.91 Å². The number of hydrazone groups is 1. The van der Waals surface area contributed by atoms with Gasteiger partial charge in [-0.2, -0.15) is 5.10 Å². The van der Waals surface area contributed by atoms with Gasteiger partial charge in [-0.15, -0.1) is 0 Å². The van der Waals surface area contributed by atoms with Crippen LogP contribution in [-0.2, 0) is 4.79 Å². The number of rotatable bonds is 4. The lowest BCUT2D eigenvalue weighted by molar-refractivity contribution is -0.130. The van der Waals surface area contributed by atoms with Gasteiger partial charge in [-0.25, -0.2) is 5.43 Å². The highest BCUT2D eigenvalue weighted by Gasteiger charge is 2.26. The number of ether oxygens (including phenoxy) is 2. The maximum atomic E-state index is 12.2. The minimum Gasteiger partial charge on any atom is -0.485 e. The molecular weight excluding hydrogens is 344 g/mol. The zero-order chi connectivity index (χ0) is 18.6. The molecule has 1 atom stereocenters. The summed E-state index contributed by atoms with van der Waals surface area (Å²) in [6.07, 6.45) is 0.699. The molecule has 1 amide bonds. The third kappa shape index (κ3) is 3.84. The number of hydrogen-bond donors (Lipinski definition) is 1. The summed E-state index contributed by atoms with van der Waals surface area (Å²) in [5.41, 5.74) is 4.62. The van der Waals surface area contributed by atoms with Crippen molar-refractivity contribution in [3.63, 3.8) is 0 Å². The number of nitrogens with zero attached hydrogens (tertiary/aromatic N) is 1. The first-order valence-corrected chi connectivity index (χ1v) is 8.57. The number of fused-ring (bicyclic) bond motifs is 1. The van der Waals surface area contributed by atoms with E-state index >= 15 is 0 Å². The van der Waals surface area contributed by atoms with E-state index in [1.165, 1.54) is 11.8 Å². The summed E-state index contributed by atoms with van der Waals surface area (Å²) in [4.78, 5) is 12.2. The van der Waals surface area contributed by atoms with Crippen molar-refractivity contribution in [3.8, 4) is 22.8 Å². The van der Waals surface area contributed by atoms with Gasteiger partial charge in [0.1, 0.15) is 18.1 Å². The fourth-order valence-electron chi connectivity index (χ4n) is 2.68. The van der Waals surface area contributed by atoms with E-state index in [1.807, 2.05) is 49.4 Å². The molecule has 2 heterocycles. The SMILES string of the molecule is Cc1ccc(-c2ccc(/C=N/NC(=O)C3COc4ccccc4O3)o2)cc1. The highest BCUT2D eigenvalue weighted by atomic mass is 16.6. The fraction of sp³-hybridized carbons (Fsp3) is 0.143. The van der Waals surface area contributed by atoms with Gasteiger partial charge in [0.05, 0.1) is 6.21 Å². The monoisotopic (exact) mass is 362 g/mol. The van der Waals surface area contributed by atoms with Gasteiger partial charge in [-0.05, 0) is 31.2 Å². The Bertz CT molecular complexity index is 976. The molecule has 0 bridgehead atoms. The van der Waals surface area contributed by atoms with E-state index in [0.717, 1.165) is 11.3 Å². The molecular formula is C21H18N2O4. The molecule has 0 radical (unpaired) electrons. The Morgan fingerprint density at radius 3 is 2.67 bits per heavy atom. The third-order valence-corrected chi connectivity index (χ3v) is 4.13. The Morgan fingerprint density at radius 1 is 1.07 bits per heavy atom. The molecule has 0 aliphatic carbocycles. The van der Waals surface area contributed by atoms with E-state index in [2.05, 4.69) is 10.5 Å². The van der Waals surface area contributed by atoms with Crippen molar-refractivity contribution < 1.29 is 18.7 Å². The molecule has 1 aliphatic heterocycles. The minimum atomic E-state index is -0.753. The van der Waals surface area contributed by atoms with Crippen LogP contribution >= 0.6 is 0 Å². The van der Waals surface area contributed by atoms with Crippen LogP contribution in [-0.4, -0.2) is 24.8 Å². The summed E-state index contributed by atoms with van der Waals surface area (Å²) in [5, 5.41) is 3.94. The van der Waals surface area contributed by atoms with E-state index in [9.17, 15) is 4.79 Å². The highest BCUT2D eigenvalue weighted by Crippen LogP contribution is 2.30. The second kappa shape index (κ2) is 7.37. The van der Waals surface area contributed by atoms with Crippen molar-refractivity contribution in [2.45, 2.75) is 13.0 Å². The fourth-order valence-corrected chi connectivity index (χ4v) is 2.68. The van der Waals surface area contributed by atoms with Crippen molar-refractivity contribution in [2.75, 3.05) is 6.61 Å². The Hall–Kier alpha value is -3.54. The first-order valence-electron chi connectivity index (χ1n) is 8.57. The molecule has 1 aliphatic rings. The molecule has 27 heavy (non-hydrogen) atoms. The van der Waals surface area contributed by atoms with E-state index in [-0.39, 0.29) is 12.5 Å². The Labute approximate surface area is 156 Å². The summed E-state index contributed by atoms with van der Waals surface area (Å²) < 4.78 is 16.9. The lowest BCUT2D eigenvalue weighted by atomic mass is 10.1. The van der Waals surface area contributed by atoms with Gasteiger partial charge in [0, 0.05) is 5.56 Å². The first kappa shape index (κ1) is 16.9. The number of hydrogen-bond acceptors (Lipinski definition) is 5. The number of furan rings is 1. The van der Waals surface area contributed by atoms with E-state index in [0.29, 0.717) is 17.3 Å². The summed E-state index contributed by atoms with van der Waals surface area (Å²) in [6.45, 7) is 2.17. The number of aryl methyl sites for hydroxylation is 1. The van der Waals surface area contributed by atoms with Gasteiger partial charge in [0.15, 0.2) is 11.5 Å². The summed E-state index contributed by atoms with van der Waals surface area (Å²) in [5.74, 6) is 2.07. The molecule has 1 aromatic heterocycles. The quantitative estimate of drug-likeness (QED) is 0.569. The molecule has 0 fully saturated rings. The van der Waals surface area contributed by atoms with Crippen molar-refractivity contribution >= 4 is 12.1 Å². The largest absolute Gasteiger partial charge is 0.485 e. The predicted molar refractivity (Wildman–Crippen MR) is 101 cm³/mol. The van der Waals surface area contributed by atoms with Crippen LogP contribution in [0.2, 0.25) is 0 Å². The minimum absolute atomic E-state index is 0.136. The molecule has 4 rings (SSSR count). The average Bonchev–Trinajstić information content (AvgIpc) is 3.17. The summed E-state index contributed by atoms with van der Waals surface area (Å²) in [6, 6.07) is 18.9. The summed E-state index contributed by atoms with van der Waals surface area (Å²) >= 11 is 0. The number of carbonyl (C=O) groups is 1. The van der Waals surface area contributed by atoms with Gasteiger partial charge >= 0.3 is 0 Å². The third-order valence-electron chi connectivity index (χ3n) is 4.13. The average molecular weight is 362 g/mol. The van der Waals surface area contributed by atoms with Crippen LogP contribution in [0.3, 0.4) is 0 Å². The highest BCUT2D eigenvalue weighted by molar-refractivity contribution is 5.84. The first-order chi connectivity index (χ1) is 13.2. The number of carbonyl (C=O) groups excluding carboxylic acids is 1. The molecule has 136 valence electrons. The van der Waals surface area contributed by atoms with Gasteiger partial charge in [-0.3, -0.25) is 4.79 Å². The molecule has 1 unspecified atom stereocenters. The van der Waals surface area contributed by atoms with Crippen molar-refractivity contribution in [1.29, 1.82) is 0 Å². The smallest absolute Gasteiger partial charge is 0.284 e. The van der Waals surface area contributed by atoms with Gasteiger partial charge in [-0.1, -0.05) is 42.0 Å². The van der Waals surface area contributed by atoms with Crippen LogP contribution in [0, 0.1) is 6.92 Å². The number of para-hydroxylation sites is 2. The molecule has 3 aromatic rings. The van der Waals surface area contributed by atoms with E-state index in [4.69, 9.17) is 13.9 Å². The van der Waals surface area contributed by atoms with Crippen LogP contribution in [0.15, 0.2) is 70.2 Å².